The van der Waals surface area contributed by atoms with Gasteiger partial charge in [-0.2, -0.15) is 0 Å². The molecule has 0 aliphatic heterocycles. The monoisotopic (exact) mass is 396 g/mol. The Morgan fingerprint density at radius 1 is 1.03 bits per heavy atom. The molecular formula is C28H44O. The van der Waals surface area contributed by atoms with Crippen molar-refractivity contribution >= 4 is 0 Å². The van der Waals surface area contributed by atoms with Gasteiger partial charge in [0.15, 0.2) is 0 Å². The summed E-state index contributed by atoms with van der Waals surface area (Å²) in [5, 5.41) is 10.0. The molecule has 3 saturated carbocycles. The van der Waals surface area contributed by atoms with E-state index in [1.54, 1.807) is 5.57 Å². The lowest BCUT2D eigenvalue weighted by Gasteiger charge is -2.44. The summed E-state index contributed by atoms with van der Waals surface area (Å²) in [4.78, 5) is 0. The number of hydrogen-bond donors (Lipinski definition) is 1. The maximum Gasteiger partial charge on any atom is 0.0583 e. The molecule has 0 spiro atoms. The van der Waals surface area contributed by atoms with E-state index in [0.29, 0.717) is 17.3 Å². The molecule has 0 heterocycles. The molecule has 1 nitrogen and oxygen atoms in total. The van der Waals surface area contributed by atoms with E-state index in [-0.39, 0.29) is 6.10 Å². The SMILES string of the molecule is C=C1CC[C@H](O)C/C1=C\C=C1\CCC[C@@]2(C)[C@@H]1CC[C@@H]2[C@@H](C)/C=C/[C@H](C)C(C)C. The first kappa shape index (κ1) is 22.6. The minimum atomic E-state index is -0.182. The van der Waals surface area contributed by atoms with E-state index in [1.807, 2.05) is 0 Å². The van der Waals surface area contributed by atoms with E-state index in [2.05, 4.69) is 65.5 Å². The highest BCUT2D eigenvalue weighted by atomic mass is 16.3. The van der Waals surface area contributed by atoms with E-state index in [4.69, 9.17) is 0 Å². The van der Waals surface area contributed by atoms with E-state index in [0.717, 1.165) is 37.0 Å². The molecular weight excluding hydrogens is 352 g/mol. The topological polar surface area (TPSA) is 20.2 Å². The van der Waals surface area contributed by atoms with Crippen LogP contribution in [-0.2, 0) is 0 Å². The van der Waals surface area contributed by atoms with Gasteiger partial charge in [-0.1, -0.05) is 76.6 Å². The van der Waals surface area contributed by atoms with Crippen LogP contribution in [0, 0.1) is 35.0 Å². The van der Waals surface area contributed by atoms with Gasteiger partial charge in [-0.3, -0.25) is 0 Å². The van der Waals surface area contributed by atoms with Crippen molar-refractivity contribution in [3.8, 4) is 0 Å². The molecule has 3 rings (SSSR count). The maximum atomic E-state index is 10.0. The molecule has 162 valence electrons. The fourth-order valence-electron chi connectivity index (χ4n) is 6.25. The zero-order valence-corrected chi connectivity index (χ0v) is 19.6. The first-order valence-electron chi connectivity index (χ1n) is 12.2. The van der Waals surface area contributed by atoms with Gasteiger partial charge in [-0.05, 0) is 91.9 Å². The van der Waals surface area contributed by atoms with Crippen LogP contribution in [-0.4, -0.2) is 11.2 Å². The van der Waals surface area contributed by atoms with Gasteiger partial charge in [-0.15, -0.1) is 0 Å². The van der Waals surface area contributed by atoms with Gasteiger partial charge in [0.05, 0.1) is 6.10 Å². The van der Waals surface area contributed by atoms with Gasteiger partial charge < -0.3 is 5.11 Å². The lowest BCUT2D eigenvalue weighted by molar-refractivity contribution is 0.112. The summed E-state index contributed by atoms with van der Waals surface area (Å²) in [5.74, 6) is 3.58. The molecule has 0 aromatic rings. The Morgan fingerprint density at radius 2 is 1.79 bits per heavy atom. The highest BCUT2D eigenvalue weighted by molar-refractivity contribution is 5.36. The zero-order valence-electron chi connectivity index (χ0n) is 19.6. The predicted octanol–water partition coefficient (Wildman–Crippen LogP) is 7.64. The first-order chi connectivity index (χ1) is 13.7. The number of allylic oxidation sites excluding steroid dienone is 6. The second-order valence-electron chi connectivity index (χ2n) is 10.9. The van der Waals surface area contributed by atoms with Crippen molar-refractivity contribution in [3.63, 3.8) is 0 Å². The van der Waals surface area contributed by atoms with Gasteiger partial charge in [-0.25, -0.2) is 0 Å². The van der Waals surface area contributed by atoms with E-state index in [9.17, 15) is 5.11 Å². The number of fused-ring (bicyclic) bond motifs is 1. The third-order valence-electron chi connectivity index (χ3n) is 8.63. The molecule has 0 radical (unpaired) electrons. The van der Waals surface area contributed by atoms with Gasteiger partial charge in [0.25, 0.3) is 0 Å². The summed E-state index contributed by atoms with van der Waals surface area (Å²) >= 11 is 0. The largest absolute Gasteiger partial charge is 0.393 e. The van der Waals surface area contributed by atoms with Gasteiger partial charge in [0, 0.05) is 0 Å². The van der Waals surface area contributed by atoms with Crippen LogP contribution in [0.3, 0.4) is 0 Å². The molecule has 1 N–H and O–H groups in total. The fraction of sp³-hybridized carbons (Fsp3) is 0.714. The van der Waals surface area contributed by atoms with Crippen LogP contribution in [0.15, 0.2) is 47.6 Å². The fourth-order valence-corrected chi connectivity index (χ4v) is 6.25. The second kappa shape index (κ2) is 9.38. The normalized spacial score (nSPS) is 38.2. The number of aliphatic hydroxyl groups excluding tert-OH is 1. The average Bonchev–Trinajstić information content (AvgIpc) is 3.04. The molecule has 0 unspecified atom stereocenters. The summed E-state index contributed by atoms with van der Waals surface area (Å²) in [6.45, 7) is 16.3. The third kappa shape index (κ3) is 4.98. The molecule has 6 atom stereocenters. The lowest BCUT2D eigenvalue weighted by atomic mass is 9.61. The number of hydrogen-bond acceptors (Lipinski definition) is 1. The molecule has 0 bridgehead atoms. The molecule has 3 fully saturated rings. The van der Waals surface area contributed by atoms with Crippen LogP contribution in [0.25, 0.3) is 0 Å². The standard InChI is InChI=1S/C28H44O/c1-19(2)20(3)9-10-22(5)26-15-16-27-23(8-7-17-28(26,27)6)12-13-24-18-25(29)14-11-21(24)4/h9-10,12-13,19-20,22,25-27,29H,4,7-8,11,14-18H2,1-3,5-6H3/b10-9+,23-12-,24-13+/t20-,22-,25-,26+,27+,28+/m0/s1. The van der Waals surface area contributed by atoms with Gasteiger partial charge in [0.2, 0.25) is 0 Å². The summed E-state index contributed by atoms with van der Waals surface area (Å²) in [5.41, 5.74) is 4.61. The minimum Gasteiger partial charge on any atom is -0.393 e. The molecule has 0 saturated heterocycles. The van der Waals surface area contributed by atoms with E-state index >= 15 is 0 Å². The van der Waals surface area contributed by atoms with Crippen molar-refractivity contribution in [3.05, 3.63) is 47.6 Å². The Labute approximate surface area is 180 Å². The smallest absolute Gasteiger partial charge is 0.0583 e. The van der Waals surface area contributed by atoms with E-state index < -0.39 is 0 Å². The van der Waals surface area contributed by atoms with Crippen LogP contribution >= 0.6 is 0 Å². The van der Waals surface area contributed by atoms with Crippen LogP contribution in [0.5, 0.6) is 0 Å². The van der Waals surface area contributed by atoms with E-state index in [1.165, 1.54) is 43.3 Å². The maximum absolute atomic E-state index is 10.0. The number of rotatable bonds is 5. The molecule has 0 amide bonds. The minimum absolute atomic E-state index is 0.182. The van der Waals surface area contributed by atoms with Crippen molar-refractivity contribution in [1.29, 1.82) is 0 Å². The zero-order chi connectivity index (χ0) is 21.2. The molecule has 3 aliphatic carbocycles. The van der Waals surface area contributed by atoms with Gasteiger partial charge >= 0.3 is 0 Å². The Hall–Kier alpha value is -1.08. The van der Waals surface area contributed by atoms with Gasteiger partial charge in [0.1, 0.15) is 0 Å². The Kier molecular flexibility index (Phi) is 7.31. The third-order valence-corrected chi connectivity index (χ3v) is 8.63. The Balaban J connectivity index is 1.75. The highest BCUT2D eigenvalue weighted by Crippen LogP contribution is 2.59. The summed E-state index contributed by atoms with van der Waals surface area (Å²) in [6, 6.07) is 0. The average molecular weight is 397 g/mol. The van der Waals surface area contributed by atoms with Crippen molar-refractivity contribution < 1.29 is 5.11 Å². The van der Waals surface area contributed by atoms with Crippen molar-refractivity contribution in [2.45, 2.75) is 92.1 Å². The first-order valence-corrected chi connectivity index (χ1v) is 12.2. The summed E-state index contributed by atoms with van der Waals surface area (Å²) < 4.78 is 0. The van der Waals surface area contributed by atoms with Crippen molar-refractivity contribution in [2.75, 3.05) is 0 Å². The molecule has 29 heavy (non-hydrogen) atoms. The predicted molar refractivity (Wildman–Crippen MR) is 126 cm³/mol. The van der Waals surface area contributed by atoms with Crippen LogP contribution < -0.4 is 0 Å². The summed E-state index contributed by atoms with van der Waals surface area (Å²) in [6.07, 6.45) is 18.8. The Bertz CT molecular complexity index is 678. The highest BCUT2D eigenvalue weighted by Gasteiger charge is 2.50. The molecule has 3 aliphatic rings. The molecule has 0 aromatic heterocycles. The second-order valence-corrected chi connectivity index (χ2v) is 10.9. The lowest BCUT2D eigenvalue weighted by Crippen LogP contribution is -2.35. The van der Waals surface area contributed by atoms with Crippen LogP contribution in [0.1, 0.15) is 86.0 Å². The van der Waals surface area contributed by atoms with Crippen LogP contribution in [0.4, 0.5) is 0 Å². The van der Waals surface area contributed by atoms with Crippen molar-refractivity contribution in [1.82, 2.24) is 0 Å². The van der Waals surface area contributed by atoms with Crippen LogP contribution in [0.2, 0.25) is 0 Å². The van der Waals surface area contributed by atoms with Crippen molar-refractivity contribution in [2.24, 2.45) is 35.0 Å². The summed E-state index contributed by atoms with van der Waals surface area (Å²) in [7, 11) is 0. The number of aliphatic hydroxyl groups is 1. The quantitative estimate of drug-likeness (QED) is 0.473. The molecule has 0 aromatic carbocycles. The molecule has 1 heteroatoms. The Morgan fingerprint density at radius 3 is 2.52 bits per heavy atom.